The van der Waals surface area contributed by atoms with Crippen LogP contribution in [0.3, 0.4) is 0 Å². The fraction of sp³-hybridized carbons (Fsp3) is 0.0400. The molecule has 0 bridgehead atoms. The molecule has 0 amide bonds. The molecule has 0 aromatic heterocycles. The molecule has 4 rings (SSSR count). The maximum atomic E-state index is 12.3. The zero-order valence-corrected chi connectivity index (χ0v) is 18.4. The third-order valence-electron chi connectivity index (χ3n) is 4.70. The fourth-order valence-corrected chi connectivity index (χ4v) is 4.69. The van der Waals surface area contributed by atoms with Gasteiger partial charge in [0.1, 0.15) is 0 Å². The molecule has 0 aliphatic carbocycles. The van der Waals surface area contributed by atoms with E-state index in [1.54, 1.807) is 6.26 Å². The Morgan fingerprint density at radius 3 is 1.86 bits per heavy atom. The zero-order valence-electron chi connectivity index (χ0n) is 16.0. The van der Waals surface area contributed by atoms with Gasteiger partial charge in [-0.05, 0) is 59.7 Å². The van der Waals surface area contributed by atoms with Crippen LogP contribution >= 0.6 is 15.9 Å². The first kappa shape index (κ1) is 19.6. The molecule has 29 heavy (non-hydrogen) atoms. The number of hydrogen-bond acceptors (Lipinski definition) is 2. The maximum absolute atomic E-state index is 12.3. The third kappa shape index (κ3) is 4.34. The molecule has 0 N–H and O–H groups in total. The van der Waals surface area contributed by atoms with Gasteiger partial charge in [0.15, 0.2) is 0 Å². The summed E-state index contributed by atoms with van der Waals surface area (Å²) in [7, 11) is -1.08. The molecule has 1 atom stereocenters. The summed E-state index contributed by atoms with van der Waals surface area (Å²) in [5, 5.41) is 0. The lowest BCUT2D eigenvalue weighted by molar-refractivity contribution is 0.687. The topological polar surface area (TPSA) is 20.3 Å². The van der Waals surface area contributed by atoms with E-state index < -0.39 is 10.8 Å². The lowest BCUT2D eigenvalue weighted by atomic mass is 10.0. The van der Waals surface area contributed by atoms with Crippen LogP contribution in [0.1, 0.15) is 0 Å². The molecule has 0 saturated heterocycles. The lowest BCUT2D eigenvalue weighted by Crippen LogP contribution is -2.09. The predicted octanol–water partition coefficient (Wildman–Crippen LogP) is 7.32. The number of halogens is 1. The summed E-state index contributed by atoms with van der Waals surface area (Å²) in [6.45, 7) is 0. The molecule has 0 saturated carbocycles. The van der Waals surface area contributed by atoms with Gasteiger partial charge in [-0.25, -0.2) is 0 Å². The van der Waals surface area contributed by atoms with E-state index in [0.29, 0.717) is 0 Å². The SMILES string of the molecule is CS(=O)c1cc(Br)ccc1-c1cccc(N(c2ccccc2)c2ccccc2)c1. The molecule has 4 aromatic rings. The van der Waals surface area contributed by atoms with Crippen molar-refractivity contribution in [3.05, 3.63) is 108 Å². The molecule has 0 radical (unpaired) electrons. The summed E-state index contributed by atoms with van der Waals surface area (Å²) in [5.41, 5.74) is 5.25. The maximum Gasteiger partial charge on any atom is 0.0504 e. The number of benzene rings is 4. The standard InChI is InChI=1S/C25H20BrNOS/c1-29(28)25-18-20(26)15-16-24(25)19-9-8-14-23(17-19)27(21-10-4-2-5-11-21)22-12-6-3-7-13-22/h2-18H,1H3. The zero-order chi connectivity index (χ0) is 20.2. The fourth-order valence-electron chi connectivity index (χ4n) is 3.39. The Kier molecular flexibility index (Phi) is 5.93. The minimum absolute atomic E-state index is 0.822. The average Bonchev–Trinajstić information content (AvgIpc) is 2.75. The molecular formula is C25H20BrNOS. The van der Waals surface area contributed by atoms with E-state index >= 15 is 0 Å². The second-order valence-electron chi connectivity index (χ2n) is 6.65. The van der Waals surface area contributed by atoms with Gasteiger partial charge >= 0.3 is 0 Å². The van der Waals surface area contributed by atoms with Crippen molar-refractivity contribution in [1.82, 2.24) is 0 Å². The summed E-state index contributed by atoms with van der Waals surface area (Å²) < 4.78 is 13.3. The predicted molar refractivity (Wildman–Crippen MR) is 127 cm³/mol. The highest BCUT2D eigenvalue weighted by molar-refractivity contribution is 9.10. The first-order valence-corrected chi connectivity index (χ1v) is 11.6. The monoisotopic (exact) mass is 461 g/mol. The number of para-hydroxylation sites is 2. The smallest absolute Gasteiger partial charge is 0.0504 e. The first-order chi connectivity index (χ1) is 14.1. The van der Waals surface area contributed by atoms with Crippen molar-refractivity contribution in [2.45, 2.75) is 4.90 Å². The molecular weight excluding hydrogens is 442 g/mol. The Morgan fingerprint density at radius 1 is 0.690 bits per heavy atom. The minimum Gasteiger partial charge on any atom is -0.310 e. The summed E-state index contributed by atoms with van der Waals surface area (Å²) in [5.74, 6) is 0. The van der Waals surface area contributed by atoms with Crippen LogP contribution in [0.5, 0.6) is 0 Å². The second-order valence-corrected chi connectivity index (χ2v) is 8.92. The molecule has 4 heteroatoms. The van der Waals surface area contributed by atoms with E-state index in [2.05, 4.69) is 63.3 Å². The summed E-state index contributed by atoms with van der Waals surface area (Å²) in [6.07, 6.45) is 1.72. The van der Waals surface area contributed by atoms with Gasteiger partial charge in [-0.1, -0.05) is 70.5 Å². The van der Waals surface area contributed by atoms with Crippen LogP contribution in [-0.2, 0) is 10.8 Å². The Balaban J connectivity index is 1.86. The van der Waals surface area contributed by atoms with E-state index in [9.17, 15) is 4.21 Å². The molecule has 0 fully saturated rings. The molecule has 0 heterocycles. The molecule has 144 valence electrons. The highest BCUT2D eigenvalue weighted by Crippen LogP contribution is 2.37. The molecule has 2 nitrogen and oxygen atoms in total. The van der Waals surface area contributed by atoms with Crippen molar-refractivity contribution >= 4 is 43.8 Å². The van der Waals surface area contributed by atoms with Gasteiger partial charge in [-0.2, -0.15) is 0 Å². The van der Waals surface area contributed by atoms with Crippen molar-refractivity contribution in [3.8, 4) is 11.1 Å². The minimum atomic E-state index is -1.08. The van der Waals surface area contributed by atoms with E-state index in [4.69, 9.17) is 0 Å². The Morgan fingerprint density at radius 2 is 1.28 bits per heavy atom. The molecule has 1 unspecified atom stereocenters. The van der Waals surface area contributed by atoms with Gasteiger partial charge in [0.2, 0.25) is 0 Å². The summed E-state index contributed by atoms with van der Waals surface area (Å²) in [4.78, 5) is 3.05. The summed E-state index contributed by atoms with van der Waals surface area (Å²) in [6, 6.07) is 34.9. The molecule has 0 aliphatic heterocycles. The van der Waals surface area contributed by atoms with E-state index in [1.807, 2.05) is 60.7 Å². The van der Waals surface area contributed by atoms with Crippen LogP contribution in [0.15, 0.2) is 112 Å². The van der Waals surface area contributed by atoms with Crippen LogP contribution < -0.4 is 4.90 Å². The highest BCUT2D eigenvalue weighted by Gasteiger charge is 2.14. The molecule has 0 spiro atoms. The first-order valence-electron chi connectivity index (χ1n) is 9.27. The number of nitrogens with zero attached hydrogens (tertiary/aromatic N) is 1. The van der Waals surface area contributed by atoms with Crippen molar-refractivity contribution in [3.63, 3.8) is 0 Å². The van der Waals surface area contributed by atoms with Crippen LogP contribution in [0.4, 0.5) is 17.1 Å². The van der Waals surface area contributed by atoms with Crippen LogP contribution in [0.2, 0.25) is 0 Å². The van der Waals surface area contributed by atoms with Gasteiger partial charge < -0.3 is 4.90 Å². The van der Waals surface area contributed by atoms with Gasteiger partial charge in [-0.3, -0.25) is 4.21 Å². The highest BCUT2D eigenvalue weighted by atomic mass is 79.9. The largest absolute Gasteiger partial charge is 0.310 e. The second kappa shape index (κ2) is 8.76. The third-order valence-corrected chi connectivity index (χ3v) is 6.15. The lowest BCUT2D eigenvalue weighted by Gasteiger charge is -2.26. The quantitative estimate of drug-likeness (QED) is 0.310. The number of rotatable bonds is 5. The number of anilines is 3. The van der Waals surface area contributed by atoms with Gasteiger partial charge in [0, 0.05) is 32.7 Å². The Bertz CT molecular complexity index is 1110. The van der Waals surface area contributed by atoms with Crippen LogP contribution in [-0.4, -0.2) is 10.5 Å². The van der Waals surface area contributed by atoms with Crippen molar-refractivity contribution in [2.24, 2.45) is 0 Å². The molecule has 4 aromatic carbocycles. The van der Waals surface area contributed by atoms with Gasteiger partial charge in [0.25, 0.3) is 0 Å². The van der Waals surface area contributed by atoms with Crippen molar-refractivity contribution in [1.29, 1.82) is 0 Å². The Labute approximate surface area is 182 Å². The number of hydrogen-bond donors (Lipinski definition) is 0. The Hall–Kier alpha value is -2.69. The van der Waals surface area contributed by atoms with Gasteiger partial charge in [-0.15, -0.1) is 0 Å². The van der Waals surface area contributed by atoms with Crippen molar-refractivity contribution in [2.75, 3.05) is 11.2 Å². The van der Waals surface area contributed by atoms with Gasteiger partial charge in [0.05, 0.1) is 10.8 Å². The van der Waals surface area contributed by atoms with E-state index in [0.717, 1.165) is 37.6 Å². The van der Waals surface area contributed by atoms with E-state index in [-0.39, 0.29) is 0 Å². The van der Waals surface area contributed by atoms with Crippen LogP contribution in [0, 0.1) is 0 Å². The average molecular weight is 462 g/mol. The normalized spacial score (nSPS) is 11.8. The van der Waals surface area contributed by atoms with E-state index in [1.165, 1.54) is 0 Å². The summed E-state index contributed by atoms with van der Waals surface area (Å²) >= 11 is 3.49. The van der Waals surface area contributed by atoms with Crippen molar-refractivity contribution < 1.29 is 4.21 Å². The molecule has 0 aliphatic rings. The van der Waals surface area contributed by atoms with Crippen LogP contribution in [0.25, 0.3) is 11.1 Å².